The second-order valence-corrected chi connectivity index (χ2v) is 4.92. The van der Waals surface area contributed by atoms with Crippen molar-refractivity contribution in [3.05, 3.63) is 17.0 Å². The van der Waals surface area contributed by atoms with Gasteiger partial charge in [0.15, 0.2) is 0 Å². The van der Waals surface area contributed by atoms with E-state index in [4.69, 9.17) is 9.26 Å². The molecule has 0 atom stereocenters. The Bertz CT molecular complexity index is 418. The molecule has 0 saturated carbocycles. The number of ether oxygens (including phenoxy) is 1. The number of nitrogens with zero attached hydrogens (tertiary/aromatic N) is 1. The summed E-state index contributed by atoms with van der Waals surface area (Å²) < 4.78 is 10.6. The number of carbonyl (C=O) groups excluding carboxylic acids is 1. The fraction of sp³-hybridized carbons (Fsp3) is 0.667. The van der Waals surface area contributed by atoms with Crippen molar-refractivity contribution >= 4 is 5.91 Å². The van der Waals surface area contributed by atoms with Crippen LogP contribution in [0.5, 0.6) is 0 Å². The molecule has 0 unspecified atom stereocenters. The third kappa shape index (κ3) is 2.88. The molecule has 1 saturated heterocycles. The van der Waals surface area contributed by atoms with Crippen molar-refractivity contribution in [2.24, 2.45) is 0 Å². The summed E-state index contributed by atoms with van der Waals surface area (Å²) in [7, 11) is 0. The Hall–Kier alpha value is -1.40. The van der Waals surface area contributed by atoms with Crippen LogP contribution in [0.1, 0.15) is 23.9 Å². The van der Waals surface area contributed by atoms with E-state index in [2.05, 4.69) is 15.8 Å². The largest absolute Gasteiger partial charge is 0.363 e. The van der Waals surface area contributed by atoms with Gasteiger partial charge in [0.25, 0.3) is 0 Å². The molecule has 0 aromatic carbocycles. The summed E-state index contributed by atoms with van der Waals surface area (Å²) in [6.07, 6.45) is 0. The molecule has 0 spiro atoms. The second kappa shape index (κ2) is 5.07. The number of carbonyl (C=O) groups is 1. The number of aryl methyl sites for hydroxylation is 2. The van der Waals surface area contributed by atoms with Gasteiger partial charge in [0.05, 0.1) is 11.3 Å². The van der Waals surface area contributed by atoms with Crippen molar-refractivity contribution in [3.8, 4) is 0 Å². The van der Waals surface area contributed by atoms with Crippen molar-refractivity contribution in [1.82, 2.24) is 15.8 Å². The molecule has 2 N–H and O–H groups in total. The lowest BCUT2D eigenvalue weighted by molar-refractivity contribution is -0.136. The molecule has 1 amide bonds. The third-order valence-electron chi connectivity index (χ3n) is 3.19. The molecule has 2 heterocycles. The van der Waals surface area contributed by atoms with Crippen LogP contribution in [0.4, 0.5) is 0 Å². The van der Waals surface area contributed by atoms with Crippen molar-refractivity contribution in [3.63, 3.8) is 0 Å². The van der Waals surface area contributed by atoms with Gasteiger partial charge in [-0.05, 0) is 20.8 Å². The van der Waals surface area contributed by atoms with Gasteiger partial charge in [0, 0.05) is 25.2 Å². The quantitative estimate of drug-likeness (QED) is 0.788. The molecule has 0 radical (unpaired) electrons. The fourth-order valence-corrected chi connectivity index (χ4v) is 1.81. The van der Waals surface area contributed by atoms with Crippen molar-refractivity contribution < 1.29 is 14.1 Å². The normalized spacial score (nSPS) is 17.3. The maximum atomic E-state index is 11.6. The predicted octanol–water partition coefficient (Wildman–Crippen LogP) is 0.286. The molecule has 1 fully saturated rings. The van der Waals surface area contributed by atoms with Gasteiger partial charge in [0.2, 0.25) is 5.91 Å². The monoisotopic (exact) mass is 253 g/mol. The van der Waals surface area contributed by atoms with E-state index in [-0.39, 0.29) is 18.1 Å². The molecule has 1 aliphatic heterocycles. The highest BCUT2D eigenvalue weighted by molar-refractivity contribution is 5.77. The Balaban J connectivity index is 1.75. The standard InChI is InChI=1S/C12H19N3O3/c1-8-10(9(2)18-15-8)4-14-11(16)5-17-12(3)6-13-7-12/h13H,4-7H2,1-3H3,(H,14,16). The summed E-state index contributed by atoms with van der Waals surface area (Å²) >= 11 is 0. The summed E-state index contributed by atoms with van der Waals surface area (Å²) in [6, 6.07) is 0. The van der Waals surface area contributed by atoms with E-state index in [0.29, 0.717) is 6.54 Å². The second-order valence-electron chi connectivity index (χ2n) is 4.92. The zero-order valence-corrected chi connectivity index (χ0v) is 11.0. The Kier molecular flexibility index (Phi) is 3.68. The van der Waals surface area contributed by atoms with Gasteiger partial charge in [-0.1, -0.05) is 5.16 Å². The number of aromatic nitrogens is 1. The van der Waals surface area contributed by atoms with Gasteiger partial charge in [-0.15, -0.1) is 0 Å². The number of nitrogens with one attached hydrogen (secondary N) is 2. The molecule has 1 aromatic rings. The van der Waals surface area contributed by atoms with Crippen LogP contribution >= 0.6 is 0 Å². The minimum atomic E-state index is -0.194. The Morgan fingerprint density at radius 3 is 2.78 bits per heavy atom. The average molecular weight is 253 g/mol. The molecule has 6 heteroatoms. The third-order valence-corrected chi connectivity index (χ3v) is 3.19. The maximum Gasteiger partial charge on any atom is 0.246 e. The summed E-state index contributed by atoms with van der Waals surface area (Å²) in [6.45, 7) is 7.79. The van der Waals surface area contributed by atoms with Gasteiger partial charge in [-0.25, -0.2) is 0 Å². The molecular formula is C12H19N3O3. The number of amides is 1. The van der Waals surface area contributed by atoms with E-state index < -0.39 is 0 Å². The van der Waals surface area contributed by atoms with Crippen LogP contribution in [0.25, 0.3) is 0 Å². The maximum absolute atomic E-state index is 11.6. The van der Waals surface area contributed by atoms with E-state index >= 15 is 0 Å². The number of rotatable bonds is 5. The molecule has 1 aromatic heterocycles. The molecule has 0 aliphatic carbocycles. The highest BCUT2D eigenvalue weighted by Gasteiger charge is 2.32. The molecule has 6 nitrogen and oxygen atoms in total. The van der Waals surface area contributed by atoms with E-state index in [1.165, 1.54) is 0 Å². The van der Waals surface area contributed by atoms with Gasteiger partial charge < -0.3 is 19.9 Å². The van der Waals surface area contributed by atoms with Gasteiger partial charge in [-0.2, -0.15) is 0 Å². The van der Waals surface area contributed by atoms with Crippen LogP contribution in [-0.4, -0.2) is 36.4 Å². The van der Waals surface area contributed by atoms with Gasteiger partial charge in [-0.3, -0.25) is 4.79 Å². The first-order chi connectivity index (χ1) is 8.50. The minimum Gasteiger partial charge on any atom is -0.363 e. The number of hydrogen-bond donors (Lipinski definition) is 2. The summed E-state index contributed by atoms with van der Waals surface area (Å²) in [5.74, 6) is 0.618. The average Bonchev–Trinajstić information content (AvgIpc) is 2.61. The topological polar surface area (TPSA) is 76.4 Å². The van der Waals surface area contributed by atoms with Crippen LogP contribution in [-0.2, 0) is 16.1 Å². The molecule has 18 heavy (non-hydrogen) atoms. The predicted molar refractivity (Wildman–Crippen MR) is 65.1 cm³/mol. The van der Waals surface area contributed by atoms with Crippen molar-refractivity contribution in [1.29, 1.82) is 0 Å². The van der Waals surface area contributed by atoms with Gasteiger partial charge >= 0.3 is 0 Å². The zero-order valence-electron chi connectivity index (χ0n) is 11.0. The molecule has 2 rings (SSSR count). The molecule has 0 bridgehead atoms. The first kappa shape index (κ1) is 13.0. The van der Waals surface area contributed by atoms with Crippen LogP contribution in [0.2, 0.25) is 0 Å². The lowest BCUT2D eigenvalue weighted by Gasteiger charge is -2.38. The Morgan fingerprint density at radius 2 is 2.28 bits per heavy atom. The lowest BCUT2D eigenvalue weighted by Crippen LogP contribution is -2.59. The summed E-state index contributed by atoms with van der Waals surface area (Å²) in [5.41, 5.74) is 1.55. The van der Waals surface area contributed by atoms with Crippen LogP contribution < -0.4 is 10.6 Å². The zero-order chi connectivity index (χ0) is 13.2. The van der Waals surface area contributed by atoms with Gasteiger partial charge in [0.1, 0.15) is 12.4 Å². The van der Waals surface area contributed by atoms with E-state index in [1.54, 1.807) is 0 Å². The number of hydrogen-bond acceptors (Lipinski definition) is 5. The Morgan fingerprint density at radius 1 is 1.56 bits per heavy atom. The first-order valence-corrected chi connectivity index (χ1v) is 6.03. The van der Waals surface area contributed by atoms with Crippen LogP contribution in [0.15, 0.2) is 4.52 Å². The van der Waals surface area contributed by atoms with E-state index in [0.717, 1.165) is 30.1 Å². The highest BCUT2D eigenvalue weighted by atomic mass is 16.5. The smallest absolute Gasteiger partial charge is 0.246 e. The van der Waals surface area contributed by atoms with Crippen LogP contribution in [0, 0.1) is 13.8 Å². The van der Waals surface area contributed by atoms with Crippen molar-refractivity contribution in [2.45, 2.75) is 32.9 Å². The summed E-state index contributed by atoms with van der Waals surface area (Å²) in [4.78, 5) is 11.6. The lowest BCUT2D eigenvalue weighted by atomic mass is 10.0. The highest BCUT2D eigenvalue weighted by Crippen LogP contribution is 2.15. The molecule has 1 aliphatic rings. The fourth-order valence-electron chi connectivity index (χ4n) is 1.81. The molecular weight excluding hydrogens is 234 g/mol. The van der Waals surface area contributed by atoms with Crippen molar-refractivity contribution in [2.75, 3.05) is 19.7 Å². The van der Waals surface area contributed by atoms with E-state index in [1.807, 2.05) is 20.8 Å². The minimum absolute atomic E-state index is 0.0849. The van der Waals surface area contributed by atoms with Crippen LogP contribution in [0.3, 0.4) is 0 Å². The Labute approximate surface area is 106 Å². The van der Waals surface area contributed by atoms with E-state index in [9.17, 15) is 4.79 Å². The first-order valence-electron chi connectivity index (χ1n) is 6.03. The molecule has 100 valence electrons. The SMILES string of the molecule is Cc1noc(C)c1CNC(=O)COC1(C)CNC1. The summed E-state index contributed by atoms with van der Waals surface area (Å²) in [5, 5.41) is 9.76.